The van der Waals surface area contributed by atoms with E-state index in [1.807, 2.05) is 11.9 Å². The van der Waals surface area contributed by atoms with Crippen molar-refractivity contribution in [1.29, 1.82) is 0 Å². The number of piperidine rings is 1. The maximum Gasteiger partial charge on any atom is 0.253 e. The van der Waals surface area contributed by atoms with Crippen LogP contribution in [-0.4, -0.2) is 45.9 Å². The number of amides is 1. The lowest BCUT2D eigenvalue weighted by Gasteiger charge is -2.32. The molecule has 0 spiro atoms. The molecular formula is C15H24ClN3O3S. The van der Waals surface area contributed by atoms with Crippen LogP contribution in [0.25, 0.3) is 0 Å². The second-order valence-electron chi connectivity index (χ2n) is 5.82. The number of sulfonamides is 1. The number of likely N-dealkylation sites (tertiary alicyclic amines) is 1. The van der Waals surface area contributed by atoms with Crippen molar-refractivity contribution in [3.63, 3.8) is 0 Å². The molecule has 1 heterocycles. The van der Waals surface area contributed by atoms with Crippen molar-refractivity contribution < 1.29 is 13.2 Å². The molecule has 1 amide bonds. The average molecular weight is 362 g/mol. The lowest BCUT2D eigenvalue weighted by Crippen LogP contribution is -2.40. The van der Waals surface area contributed by atoms with Gasteiger partial charge in [-0.3, -0.25) is 4.79 Å². The monoisotopic (exact) mass is 361 g/mol. The van der Waals surface area contributed by atoms with Crippen LogP contribution in [0.15, 0.2) is 23.1 Å². The topological polar surface area (TPSA) is 92.5 Å². The molecule has 130 valence electrons. The second kappa shape index (κ2) is 8.10. The van der Waals surface area contributed by atoms with Crippen LogP contribution in [0.1, 0.15) is 28.8 Å². The Morgan fingerprint density at radius 1 is 1.35 bits per heavy atom. The predicted molar refractivity (Wildman–Crippen MR) is 92.4 cm³/mol. The summed E-state index contributed by atoms with van der Waals surface area (Å²) in [6.07, 6.45) is 1.97. The highest BCUT2D eigenvalue weighted by atomic mass is 35.5. The highest BCUT2D eigenvalue weighted by Crippen LogP contribution is 2.20. The summed E-state index contributed by atoms with van der Waals surface area (Å²) in [7, 11) is -1.81. The van der Waals surface area contributed by atoms with Crippen LogP contribution in [0.4, 0.5) is 0 Å². The number of hydrogen-bond donors (Lipinski definition) is 2. The van der Waals surface area contributed by atoms with Gasteiger partial charge in [-0.15, -0.1) is 12.4 Å². The standard InChI is InChI=1S/C15H23N3O3S.ClH/c1-11-9-13(3-4-14(11)22(16,20)21)15(19)18-7-5-12(6-8-18)10-17-2;/h3-4,9,12,17H,5-8,10H2,1-2H3,(H2,16,20,21);1H. The molecule has 0 radical (unpaired) electrons. The first kappa shape index (κ1) is 19.9. The van der Waals surface area contributed by atoms with Gasteiger partial charge in [0, 0.05) is 18.7 Å². The van der Waals surface area contributed by atoms with Gasteiger partial charge in [0.15, 0.2) is 0 Å². The molecule has 3 N–H and O–H groups in total. The zero-order chi connectivity index (χ0) is 16.3. The van der Waals surface area contributed by atoms with E-state index in [2.05, 4.69) is 5.32 Å². The Morgan fingerprint density at radius 2 is 1.96 bits per heavy atom. The van der Waals surface area contributed by atoms with Gasteiger partial charge >= 0.3 is 0 Å². The lowest BCUT2D eigenvalue weighted by molar-refractivity contribution is 0.0690. The number of halogens is 1. The quantitative estimate of drug-likeness (QED) is 0.841. The summed E-state index contributed by atoms with van der Waals surface area (Å²) in [4.78, 5) is 14.4. The molecule has 1 aliphatic rings. The number of hydrogen-bond acceptors (Lipinski definition) is 4. The predicted octanol–water partition coefficient (Wildman–Crippen LogP) is 1.14. The van der Waals surface area contributed by atoms with E-state index in [0.29, 0.717) is 17.0 Å². The number of carbonyl (C=O) groups is 1. The van der Waals surface area contributed by atoms with E-state index in [0.717, 1.165) is 32.5 Å². The molecule has 0 bridgehead atoms. The molecule has 8 heteroatoms. The molecule has 0 atom stereocenters. The second-order valence-corrected chi connectivity index (χ2v) is 7.35. The third kappa shape index (κ3) is 4.91. The SMILES string of the molecule is CNCC1CCN(C(=O)c2ccc(S(N)(=O)=O)c(C)c2)CC1.Cl. The van der Waals surface area contributed by atoms with E-state index < -0.39 is 10.0 Å². The molecule has 1 aliphatic heterocycles. The van der Waals surface area contributed by atoms with E-state index in [1.54, 1.807) is 13.0 Å². The summed E-state index contributed by atoms with van der Waals surface area (Å²) in [6, 6.07) is 4.54. The summed E-state index contributed by atoms with van der Waals surface area (Å²) in [5.41, 5.74) is 1.01. The molecule has 1 aromatic carbocycles. The van der Waals surface area contributed by atoms with E-state index in [1.165, 1.54) is 12.1 Å². The number of nitrogens with two attached hydrogens (primary N) is 1. The minimum atomic E-state index is -3.75. The fourth-order valence-corrected chi connectivity index (χ4v) is 3.68. The molecule has 23 heavy (non-hydrogen) atoms. The van der Waals surface area contributed by atoms with E-state index in [9.17, 15) is 13.2 Å². The maximum atomic E-state index is 12.5. The van der Waals surface area contributed by atoms with Crippen molar-refractivity contribution in [1.82, 2.24) is 10.2 Å². The van der Waals surface area contributed by atoms with Crippen LogP contribution in [0.2, 0.25) is 0 Å². The summed E-state index contributed by atoms with van der Waals surface area (Å²) in [6.45, 7) is 4.10. The Kier molecular flexibility index (Phi) is 7.01. The van der Waals surface area contributed by atoms with Gasteiger partial charge in [0.05, 0.1) is 4.90 Å². The van der Waals surface area contributed by atoms with Crippen LogP contribution >= 0.6 is 12.4 Å². The molecule has 6 nitrogen and oxygen atoms in total. The number of nitrogens with one attached hydrogen (secondary N) is 1. The minimum Gasteiger partial charge on any atom is -0.339 e. The van der Waals surface area contributed by atoms with Crippen molar-refractivity contribution in [2.45, 2.75) is 24.7 Å². The number of benzene rings is 1. The van der Waals surface area contributed by atoms with Gasteiger partial charge in [0.2, 0.25) is 10.0 Å². The number of primary sulfonamides is 1. The third-order valence-corrected chi connectivity index (χ3v) is 5.19. The lowest BCUT2D eigenvalue weighted by atomic mass is 9.96. The maximum absolute atomic E-state index is 12.5. The molecule has 1 aromatic rings. The highest BCUT2D eigenvalue weighted by Gasteiger charge is 2.24. The Bertz CT molecular complexity index is 656. The van der Waals surface area contributed by atoms with E-state index >= 15 is 0 Å². The molecule has 0 aliphatic carbocycles. The smallest absolute Gasteiger partial charge is 0.253 e. The minimum absolute atomic E-state index is 0. The van der Waals surface area contributed by atoms with Crippen LogP contribution in [0, 0.1) is 12.8 Å². The fraction of sp³-hybridized carbons (Fsp3) is 0.533. The molecule has 1 fully saturated rings. The van der Waals surface area contributed by atoms with Crippen molar-refractivity contribution in [2.75, 3.05) is 26.7 Å². The summed E-state index contributed by atoms with van der Waals surface area (Å²) >= 11 is 0. The number of carbonyl (C=O) groups excluding carboxylic acids is 1. The van der Waals surface area contributed by atoms with Gasteiger partial charge in [-0.25, -0.2) is 13.6 Å². The van der Waals surface area contributed by atoms with Gasteiger partial charge in [-0.05, 0) is 63.0 Å². The first-order chi connectivity index (χ1) is 10.3. The Balaban J connectivity index is 0.00000264. The van der Waals surface area contributed by atoms with Crippen molar-refractivity contribution in [2.24, 2.45) is 11.1 Å². The number of aryl methyl sites for hydroxylation is 1. The number of nitrogens with zero attached hydrogens (tertiary/aromatic N) is 1. The zero-order valence-corrected chi connectivity index (χ0v) is 15.0. The summed E-state index contributed by atoms with van der Waals surface area (Å²) in [5, 5.41) is 8.31. The number of rotatable bonds is 4. The highest BCUT2D eigenvalue weighted by molar-refractivity contribution is 7.89. The zero-order valence-electron chi connectivity index (χ0n) is 13.4. The molecule has 1 saturated heterocycles. The summed E-state index contributed by atoms with van der Waals surface area (Å²) in [5.74, 6) is 0.563. The van der Waals surface area contributed by atoms with Gasteiger partial charge < -0.3 is 10.2 Å². The van der Waals surface area contributed by atoms with Gasteiger partial charge in [0.25, 0.3) is 5.91 Å². The average Bonchev–Trinajstić information content (AvgIpc) is 2.46. The van der Waals surface area contributed by atoms with Crippen LogP contribution < -0.4 is 10.5 Å². The fourth-order valence-electron chi connectivity index (χ4n) is 2.91. The summed E-state index contributed by atoms with van der Waals surface area (Å²) < 4.78 is 22.8. The molecular weight excluding hydrogens is 338 g/mol. The van der Waals surface area contributed by atoms with Gasteiger partial charge in [-0.1, -0.05) is 0 Å². The van der Waals surface area contributed by atoms with Gasteiger partial charge in [-0.2, -0.15) is 0 Å². The normalized spacial score (nSPS) is 16.0. The molecule has 0 unspecified atom stereocenters. The largest absolute Gasteiger partial charge is 0.339 e. The van der Waals surface area contributed by atoms with Crippen LogP contribution in [0.5, 0.6) is 0 Å². The van der Waals surface area contributed by atoms with E-state index in [-0.39, 0.29) is 23.2 Å². The Morgan fingerprint density at radius 3 is 2.43 bits per heavy atom. The molecule has 0 saturated carbocycles. The first-order valence-corrected chi connectivity index (χ1v) is 8.95. The molecule has 0 aromatic heterocycles. The Labute approximate surface area is 143 Å². The van der Waals surface area contributed by atoms with Gasteiger partial charge in [0.1, 0.15) is 0 Å². The van der Waals surface area contributed by atoms with Crippen LogP contribution in [-0.2, 0) is 10.0 Å². The van der Waals surface area contributed by atoms with Crippen LogP contribution in [0.3, 0.4) is 0 Å². The first-order valence-electron chi connectivity index (χ1n) is 7.40. The van der Waals surface area contributed by atoms with Crippen molar-refractivity contribution in [3.8, 4) is 0 Å². The van der Waals surface area contributed by atoms with E-state index in [4.69, 9.17) is 5.14 Å². The Hall–Kier alpha value is -1.15. The van der Waals surface area contributed by atoms with Crippen molar-refractivity contribution >= 4 is 28.3 Å². The van der Waals surface area contributed by atoms with Crippen molar-refractivity contribution in [3.05, 3.63) is 29.3 Å². The third-order valence-electron chi connectivity index (χ3n) is 4.12. The molecule has 2 rings (SSSR count).